The van der Waals surface area contributed by atoms with E-state index in [1.165, 1.54) is 13.2 Å². The Hall–Kier alpha value is -2.10. The third kappa shape index (κ3) is 4.72. The number of hydrogen-bond acceptors (Lipinski definition) is 3. The quantitative estimate of drug-likeness (QED) is 0.722. The van der Waals surface area contributed by atoms with Gasteiger partial charge in [0.05, 0.1) is 13.2 Å². The van der Waals surface area contributed by atoms with E-state index < -0.39 is 0 Å². The van der Waals surface area contributed by atoms with Crippen molar-refractivity contribution in [2.75, 3.05) is 14.2 Å². The molecule has 0 aromatic heterocycles. The van der Waals surface area contributed by atoms with Gasteiger partial charge in [0.2, 0.25) is 0 Å². The van der Waals surface area contributed by atoms with Crippen LogP contribution in [0.2, 0.25) is 0 Å². The molecule has 0 fully saturated rings. The summed E-state index contributed by atoms with van der Waals surface area (Å²) in [6.07, 6.45) is 5.78. The lowest BCUT2D eigenvalue weighted by molar-refractivity contribution is 0.386. The lowest BCUT2D eigenvalue weighted by atomic mass is 10.1. The predicted octanol–water partition coefficient (Wildman–Crippen LogP) is 4.51. The van der Waals surface area contributed by atoms with Gasteiger partial charge < -0.3 is 9.64 Å². The van der Waals surface area contributed by atoms with Gasteiger partial charge in [0, 0.05) is 19.0 Å². The van der Waals surface area contributed by atoms with Gasteiger partial charge in [-0.15, -0.1) is 0 Å². The zero-order valence-corrected chi connectivity index (χ0v) is 14.2. The molecular weight excluding hydrogens is 279 g/mol. The highest BCUT2D eigenvalue weighted by Gasteiger charge is 2.08. The maximum absolute atomic E-state index is 13.7. The summed E-state index contributed by atoms with van der Waals surface area (Å²) in [5, 5.41) is 0. The van der Waals surface area contributed by atoms with E-state index in [1.54, 1.807) is 12.3 Å². The van der Waals surface area contributed by atoms with Gasteiger partial charge in [0.25, 0.3) is 0 Å². The Morgan fingerprint density at radius 3 is 2.59 bits per heavy atom. The fraction of sp³-hybridized carbons (Fsp3) is 0.389. The summed E-state index contributed by atoms with van der Waals surface area (Å²) in [6, 6.07) is 5.12. The first-order valence-corrected chi connectivity index (χ1v) is 7.30. The smallest absolute Gasteiger partial charge is 0.165 e. The molecule has 0 bridgehead atoms. The van der Waals surface area contributed by atoms with Crippen molar-refractivity contribution >= 4 is 11.3 Å². The molecule has 0 saturated carbocycles. The van der Waals surface area contributed by atoms with Crippen LogP contribution in [0.1, 0.15) is 33.3 Å². The minimum absolute atomic E-state index is 0.202. The van der Waals surface area contributed by atoms with Crippen molar-refractivity contribution in [3.8, 4) is 5.75 Å². The summed E-state index contributed by atoms with van der Waals surface area (Å²) >= 11 is 0. The molecule has 1 aromatic rings. The van der Waals surface area contributed by atoms with Crippen molar-refractivity contribution in [2.24, 2.45) is 4.99 Å². The van der Waals surface area contributed by atoms with Crippen LogP contribution in [0.3, 0.4) is 0 Å². The van der Waals surface area contributed by atoms with Crippen molar-refractivity contribution in [3.63, 3.8) is 0 Å². The standard InChI is InChI=1S/C18H25FN2O/c1-7-10-21(5)15(4)14(3)20-12-13(2)16-8-9-18(22-6)17(19)11-16/h7-12,15H,1-6H3/b10-7-,13-12+,20-14?. The Labute approximate surface area is 132 Å². The van der Waals surface area contributed by atoms with Crippen molar-refractivity contribution < 1.29 is 9.13 Å². The zero-order valence-electron chi connectivity index (χ0n) is 14.2. The van der Waals surface area contributed by atoms with E-state index in [1.807, 2.05) is 46.2 Å². The molecule has 1 rings (SSSR count). The molecule has 0 aliphatic rings. The van der Waals surface area contributed by atoms with Gasteiger partial charge in [0.15, 0.2) is 11.6 Å². The first-order chi connectivity index (χ1) is 10.4. The van der Waals surface area contributed by atoms with Crippen molar-refractivity contribution in [2.45, 2.75) is 33.7 Å². The molecule has 3 nitrogen and oxygen atoms in total. The van der Waals surface area contributed by atoms with E-state index in [9.17, 15) is 4.39 Å². The molecule has 0 spiro atoms. The van der Waals surface area contributed by atoms with Crippen LogP contribution in [0, 0.1) is 5.82 Å². The molecule has 0 amide bonds. The number of nitrogens with zero attached hydrogens (tertiary/aromatic N) is 2. The minimum atomic E-state index is -0.366. The highest BCUT2D eigenvalue weighted by Crippen LogP contribution is 2.22. The summed E-state index contributed by atoms with van der Waals surface area (Å²) < 4.78 is 18.7. The maximum atomic E-state index is 13.7. The highest BCUT2D eigenvalue weighted by atomic mass is 19.1. The molecule has 4 heteroatoms. The molecule has 0 aliphatic carbocycles. The topological polar surface area (TPSA) is 24.8 Å². The normalized spacial score (nSPS) is 14.3. The van der Waals surface area contributed by atoms with Crippen molar-refractivity contribution in [1.82, 2.24) is 4.90 Å². The molecule has 0 heterocycles. The van der Waals surface area contributed by atoms with Gasteiger partial charge in [-0.05, 0) is 57.2 Å². The summed E-state index contributed by atoms with van der Waals surface area (Å²) in [4.78, 5) is 6.59. The average Bonchev–Trinajstić information content (AvgIpc) is 2.51. The number of benzene rings is 1. The number of aliphatic imine (C=N–C) groups is 1. The number of hydrogen-bond donors (Lipinski definition) is 0. The maximum Gasteiger partial charge on any atom is 0.165 e. The highest BCUT2D eigenvalue weighted by molar-refractivity contribution is 5.88. The van der Waals surface area contributed by atoms with Crippen LogP contribution < -0.4 is 4.74 Å². The van der Waals surface area contributed by atoms with Crippen LogP contribution >= 0.6 is 0 Å². The van der Waals surface area contributed by atoms with E-state index in [2.05, 4.69) is 16.8 Å². The Morgan fingerprint density at radius 1 is 1.36 bits per heavy atom. The number of methoxy groups -OCH3 is 1. The molecule has 22 heavy (non-hydrogen) atoms. The van der Waals surface area contributed by atoms with Gasteiger partial charge in [0.1, 0.15) is 0 Å². The third-order valence-electron chi connectivity index (χ3n) is 3.67. The van der Waals surface area contributed by atoms with Gasteiger partial charge in [-0.2, -0.15) is 0 Å². The molecule has 120 valence electrons. The molecule has 0 N–H and O–H groups in total. The molecule has 1 aromatic carbocycles. The van der Waals surface area contributed by atoms with Gasteiger partial charge in [-0.1, -0.05) is 12.1 Å². The van der Waals surface area contributed by atoms with Crippen LogP contribution in [-0.4, -0.2) is 30.8 Å². The molecular formula is C18H25FN2O. The Balaban J connectivity index is 2.92. The van der Waals surface area contributed by atoms with Crippen molar-refractivity contribution in [3.05, 3.63) is 48.1 Å². The van der Waals surface area contributed by atoms with Crippen LogP contribution in [0.4, 0.5) is 4.39 Å². The van der Waals surface area contributed by atoms with E-state index >= 15 is 0 Å². The second-order valence-electron chi connectivity index (χ2n) is 5.26. The van der Waals surface area contributed by atoms with Crippen molar-refractivity contribution in [1.29, 1.82) is 0 Å². The van der Waals surface area contributed by atoms with E-state index in [0.717, 1.165) is 16.8 Å². The first kappa shape index (κ1) is 18.0. The fourth-order valence-electron chi connectivity index (χ4n) is 1.95. The Morgan fingerprint density at radius 2 is 2.05 bits per heavy atom. The zero-order chi connectivity index (χ0) is 16.7. The summed E-state index contributed by atoms with van der Waals surface area (Å²) in [5.74, 6) is -0.118. The number of ether oxygens (including phenoxy) is 1. The molecule has 0 radical (unpaired) electrons. The largest absolute Gasteiger partial charge is 0.494 e. The SMILES string of the molecule is C/C=C\N(C)C(C)C(C)=N/C=C(\C)c1ccc(OC)c(F)c1. The number of allylic oxidation sites excluding steroid dienone is 2. The molecule has 0 aliphatic heterocycles. The second-order valence-corrected chi connectivity index (χ2v) is 5.26. The van der Waals surface area contributed by atoms with Crippen LogP contribution in [0.15, 0.2) is 41.7 Å². The minimum Gasteiger partial charge on any atom is -0.494 e. The molecule has 0 saturated heterocycles. The summed E-state index contributed by atoms with van der Waals surface area (Å²) in [5.41, 5.74) is 2.69. The summed E-state index contributed by atoms with van der Waals surface area (Å²) in [6.45, 7) is 7.98. The van der Waals surface area contributed by atoms with Gasteiger partial charge in [-0.3, -0.25) is 4.99 Å². The fourth-order valence-corrected chi connectivity index (χ4v) is 1.95. The number of rotatable bonds is 6. The lowest BCUT2D eigenvalue weighted by Gasteiger charge is -2.22. The van der Waals surface area contributed by atoms with Crippen LogP contribution in [-0.2, 0) is 0 Å². The Bertz CT molecular complexity index is 591. The monoisotopic (exact) mass is 304 g/mol. The molecule has 1 atom stereocenters. The predicted molar refractivity (Wildman–Crippen MR) is 91.8 cm³/mol. The third-order valence-corrected chi connectivity index (χ3v) is 3.67. The molecule has 1 unspecified atom stereocenters. The van der Waals surface area contributed by atoms with E-state index in [4.69, 9.17) is 4.74 Å². The van der Waals surface area contributed by atoms with Crippen LogP contribution in [0.25, 0.3) is 5.57 Å². The first-order valence-electron chi connectivity index (χ1n) is 7.30. The van der Waals surface area contributed by atoms with E-state index in [-0.39, 0.29) is 17.6 Å². The lowest BCUT2D eigenvalue weighted by Crippen LogP contribution is -2.30. The number of halogens is 1. The Kier molecular flexibility index (Phi) is 6.83. The van der Waals surface area contributed by atoms with Gasteiger partial charge in [-0.25, -0.2) is 4.39 Å². The second kappa shape index (κ2) is 8.37. The average molecular weight is 304 g/mol. The van der Waals surface area contributed by atoms with Crippen LogP contribution in [0.5, 0.6) is 5.75 Å². The van der Waals surface area contributed by atoms with E-state index in [0.29, 0.717) is 0 Å². The van der Waals surface area contributed by atoms with Gasteiger partial charge >= 0.3 is 0 Å². The summed E-state index contributed by atoms with van der Waals surface area (Å²) in [7, 11) is 3.47.